The van der Waals surface area contributed by atoms with Gasteiger partial charge in [0.25, 0.3) is 0 Å². The average molecular weight is 898 g/mol. The van der Waals surface area contributed by atoms with E-state index in [1.165, 1.54) is 0 Å². The highest BCUT2D eigenvalue weighted by Gasteiger charge is 2.45. The van der Waals surface area contributed by atoms with Gasteiger partial charge < -0.3 is 35.4 Å². The lowest BCUT2D eigenvalue weighted by Gasteiger charge is -2.42. The molecule has 0 spiro atoms. The van der Waals surface area contributed by atoms with Crippen molar-refractivity contribution in [2.24, 2.45) is 11.3 Å². The maximum absolute atomic E-state index is 13.2. The first kappa shape index (κ1) is 54.8. The van der Waals surface area contributed by atoms with E-state index in [9.17, 15) is 19.2 Å². The van der Waals surface area contributed by atoms with E-state index >= 15 is 0 Å². The van der Waals surface area contributed by atoms with Crippen molar-refractivity contribution in [1.29, 1.82) is 0 Å². The molecule has 0 N–H and O–H groups in total. The molecule has 0 aromatic heterocycles. The largest absolute Gasteiger partial charge is 0.465 e. The molecule has 0 heterocycles. The quantitative estimate of drug-likeness (QED) is 0.0232. The highest BCUT2D eigenvalue weighted by Crippen LogP contribution is 2.38. The number of rotatable bonds is 29. The zero-order valence-corrected chi connectivity index (χ0v) is 44.4. The number of hydrogen-bond donors (Lipinski definition) is 0. The second-order valence-electron chi connectivity index (χ2n) is 19.7. The molecular formula is C38H80O12Si6. The van der Waals surface area contributed by atoms with Gasteiger partial charge in [-0.3, -0.25) is 14.4 Å². The number of hydrogen-bond acceptors (Lipinski definition) is 12. The van der Waals surface area contributed by atoms with Crippen LogP contribution in [0.1, 0.15) is 65.7 Å². The van der Waals surface area contributed by atoms with Crippen LogP contribution in [0.5, 0.6) is 0 Å². The van der Waals surface area contributed by atoms with Crippen LogP contribution in [0.15, 0.2) is 12.2 Å². The lowest BCUT2D eigenvalue weighted by Crippen LogP contribution is -2.53. The molecule has 1 atom stereocenters. The van der Waals surface area contributed by atoms with Gasteiger partial charge in [-0.2, -0.15) is 0 Å². The molecular weight excluding hydrogens is 817 g/mol. The van der Waals surface area contributed by atoms with Crippen LogP contribution in [0.3, 0.4) is 0 Å². The first-order valence-corrected chi connectivity index (χ1v) is 39.0. The van der Waals surface area contributed by atoms with Crippen molar-refractivity contribution in [2.75, 3.05) is 26.4 Å². The zero-order chi connectivity index (χ0) is 43.8. The van der Waals surface area contributed by atoms with E-state index in [0.717, 1.165) is 6.04 Å². The summed E-state index contributed by atoms with van der Waals surface area (Å²) in [6, 6.07) is 1.34. The maximum atomic E-state index is 13.2. The molecule has 0 aliphatic rings. The molecule has 0 saturated heterocycles. The summed E-state index contributed by atoms with van der Waals surface area (Å²) >= 11 is 0. The molecule has 56 heavy (non-hydrogen) atoms. The first-order valence-electron chi connectivity index (χ1n) is 20.3. The Morgan fingerprint density at radius 3 is 1.27 bits per heavy atom. The van der Waals surface area contributed by atoms with Crippen molar-refractivity contribution < 1.29 is 54.6 Å². The Kier molecular flexibility index (Phi) is 23.0. The third kappa shape index (κ3) is 27.5. The average Bonchev–Trinajstić information content (AvgIpc) is 2.97. The van der Waals surface area contributed by atoms with Crippen molar-refractivity contribution in [3.8, 4) is 0 Å². The van der Waals surface area contributed by atoms with Gasteiger partial charge >= 0.3 is 41.0 Å². The molecule has 0 radical (unpaired) electrons. The van der Waals surface area contributed by atoms with Crippen LogP contribution in [0.25, 0.3) is 0 Å². The number of esters is 4. The predicted molar refractivity (Wildman–Crippen MR) is 239 cm³/mol. The molecule has 0 aliphatic carbocycles. The van der Waals surface area contributed by atoms with Crippen molar-refractivity contribution in [1.82, 2.24) is 0 Å². The number of ether oxygens (including phenoxy) is 4. The van der Waals surface area contributed by atoms with E-state index in [0.29, 0.717) is 43.7 Å². The molecule has 1 unspecified atom stereocenters. The standard InChI is InChI=1S/C38H80O12Si6/c1-32(2)36(41)43-26-19-22-34(39)45-30-38(31-46-35(40)23-20-27-44-37(42)33(3)4,25-29-56(18,49-53(11,12)13)50-54(14,15)16)24-21-28-55(17,47-51(5,6)7)48-52(8,9)10/h33H,1,19-31H2,2-18H3. The van der Waals surface area contributed by atoms with E-state index in [4.69, 9.17) is 35.4 Å². The van der Waals surface area contributed by atoms with Crippen LogP contribution in [0.2, 0.25) is 104 Å². The smallest absolute Gasteiger partial charge is 0.333 e. The summed E-state index contributed by atoms with van der Waals surface area (Å²) in [5.74, 6) is -1.91. The summed E-state index contributed by atoms with van der Waals surface area (Å²) < 4.78 is 49.9. The fourth-order valence-corrected chi connectivity index (χ4v) is 31.5. The summed E-state index contributed by atoms with van der Waals surface area (Å²) in [6.45, 7) is 39.3. The van der Waals surface area contributed by atoms with Gasteiger partial charge in [-0.05, 0) is 136 Å². The minimum Gasteiger partial charge on any atom is -0.465 e. The lowest BCUT2D eigenvalue weighted by atomic mass is 9.82. The van der Waals surface area contributed by atoms with Gasteiger partial charge in [-0.15, -0.1) is 0 Å². The lowest BCUT2D eigenvalue weighted by molar-refractivity contribution is -0.156. The van der Waals surface area contributed by atoms with Gasteiger partial charge in [0.1, 0.15) is 13.2 Å². The van der Waals surface area contributed by atoms with Crippen molar-refractivity contribution >= 4 is 74.3 Å². The Labute approximate surface area is 346 Å². The molecule has 0 aromatic carbocycles. The van der Waals surface area contributed by atoms with Gasteiger partial charge in [-0.1, -0.05) is 26.8 Å². The topological polar surface area (TPSA) is 142 Å². The van der Waals surface area contributed by atoms with Crippen LogP contribution in [0.4, 0.5) is 0 Å². The van der Waals surface area contributed by atoms with Gasteiger partial charge in [-0.25, -0.2) is 4.79 Å². The summed E-state index contributed by atoms with van der Waals surface area (Å²) in [7, 11) is -13.4. The molecule has 0 saturated carbocycles. The minimum absolute atomic E-state index is 0.0169. The van der Waals surface area contributed by atoms with E-state index in [1.54, 1.807) is 20.8 Å². The van der Waals surface area contributed by atoms with Crippen LogP contribution in [-0.4, -0.2) is 101 Å². The number of carbonyl (C=O) groups excluding carboxylic acids is 4. The Hall–Kier alpha value is -1.24. The Morgan fingerprint density at radius 2 is 0.911 bits per heavy atom. The normalized spacial score (nSPS) is 14.2. The second kappa shape index (κ2) is 23.5. The molecule has 328 valence electrons. The van der Waals surface area contributed by atoms with E-state index in [-0.39, 0.29) is 51.2 Å². The Bertz CT molecular complexity index is 1240. The van der Waals surface area contributed by atoms with E-state index in [2.05, 4.69) is 98.2 Å². The second-order valence-corrected chi connectivity index (χ2v) is 45.4. The van der Waals surface area contributed by atoms with Gasteiger partial charge in [0.2, 0.25) is 0 Å². The fraction of sp³-hybridized carbons (Fsp3) is 0.842. The van der Waals surface area contributed by atoms with Crippen LogP contribution < -0.4 is 0 Å². The predicted octanol–water partition coefficient (Wildman–Crippen LogP) is 9.66. The van der Waals surface area contributed by atoms with Crippen LogP contribution in [0, 0.1) is 11.3 Å². The van der Waals surface area contributed by atoms with Gasteiger partial charge in [0, 0.05) is 23.8 Å². The molecule has 0 amide bonds. The monoisotopic (exact) mass is 896 g/mol. The zero-order valence-electron chi connectivity index (χ0n) is 38.4. The molecule has 0 aromatic rings. The summed E-state index contributed by atoms with van der Waals surface area (Å²) in [5.41, 5.74) is -0.477. The van der Waals surface area contributed by atoms with Crippen molar-refractivity contribution in [2.45, 2.75) is 169 Å². The summed E-state index contributed by atoms with van der Waals surface area (Å²) in [4.78, 5) is 50.2. The number of carbonyl (C=O) groups is 4. The van der Waals surface area contributed by atoms with Crippen molar-refractivity contribution in [3.05, 3.63) is 12.2 Å². The summed E-state index contributed by atoms with van der Waals surface area (Å²) in [6.07, 6.45) is 2.58. The maximum Gasteiger partial charge on any atom is 0.333 e. The third-order valence-corrected chi connectivity index (χ3v) is 27.1. The molecule has 12 nitrogen and oxygen atoms in total. The molecule has 0 fully saturated rings. The van der Waals surface area contributed by atoms with Crippen LogP contribution >= 0.6 is 0 Å². The Balaban J connectivity index is 6.69. The van der Waals surface area contributed by atoms with Crippen molar-refractivity contribution in [3.63, 3.8) is 0 Å². The fourth-order valence-electron chi connectivity index (χ4n) is 6.24. The minimum atomic E-state index is -2.77. The molecule has 0 rings (SSSR count). The van der Waals surface area contributed by atoms with Crippen LogP contribution in [-0.2, 0) is 54.6 Å². The first-order chi connectivity index (χ1) is 25.2. The van der Waals surface area contributed by atoms with E-state index in [1.807, 2.05) is 0 Å². The molecule has 0 bridgehead atoms. The molecule has 0 aliphatic heterocycles. The molecule has 18 heteroatoms. The highest BCUT2D eigenvalue weighted by molar-refractivity contribution is 6.88. The van der Waals surface area contributed by atoms with Gasteiger partial charge in [0.05, 0.1) is 19.1 Å². The SMILES string of the molecule is C=C(C)C(=O)OCCCC(=O)OCC(CCC[Si](C)(O[Si](C)(C)C)O[Si](C)(C)C)(CC[Si](C)(O[Si](C)(C)C)O[Si](C)(C)C)COC(=O)CCCOC(=O)C(C)C. The Morgan fingerprint density at radius 1 is 0.536 bits per heavy atom. The third-order valence-electron chi connectivity index (χ3n) is 7.96. The summed E-state index contributed by atoms with van der Waals surface area (Å²) in [5, 5.41) is 0. The van der Waals surface area contributed by atoms with Gasteiger partial charge in [0.15, 0.2) is 33.3 Å². The van der Waals surface area contributed by atoms with E-state index < -0.39 is 73.7 Å². The highest BCUT2D eigenvalue weighted by atomic mass is 28.5.